The van der Waals surface area contributed by atoms with Crippen molar-refractivity contribution in [1.82, 2.24) is 0 Å². The normalized spacial score (nSPS) is 10.8. The maximum absolute atomic E-state index is 12.4. The third-order valence-electron chi connectivity index (χ3n) is 2.91. The second kappa shape index (κ2) is 7.09. The molecule has 0 aromatic heterocycles. The summed E-state index contributed by atoms with van der Waals surface area (Å²) < 4.78 is 30.2. The number of halogens is 4. The Morgan fingerprint density at radius 3 is 2.71 bits per heavy atom. The minimum absolute atomic E-state index is 0.120. The first-order valence-corrected chi connectivity index (χ1v) is 7.36. The number of nitrogens with one attached hydrogen (secondary N) is 1. The maximum Gasteiger partial charge on any atom is 0.387 e. The molecule has 0 saturated heterocycles. The highest BCUT2D eigenvalue weighted by Gasteiger charge is 2.10. The summed E-state index contributed by atoms with van der Waals surface area (Å²) >= 11 is 9.31. The SMILES string of the molecule is Cc1ccc(Br)cc1NCc1cc(Cl)ccc1OC(F)F. The number of aryl methyl sites for hydroxylation is 1. The predicted molar refractivity (Wildman–Crippen MR) is 84.3 cm³/mol. The Kier molecular flexibility index (Phi) is 5.42. The zero-order valence-corrected chi connectivity index (χ0v) is 13.5. The summed E-state index contributed by atoms with van der Waals surface area (Å²) in [6, 6.07) is 10.4. The minimum atomic E-state index is -2.86. The number of alkyl halides is 2. The number of hydrogen-bond acceptors (Lipinski definition) is 2. The van der Waals surface area contributed by atoms with Crippen molar-refractivity contribution in [2.24, 2.45) is 0 Å². The van der Waals surface area contributed by atoms with Crippen LogP contribution in [0.4, 0.5) is 14.5 Å². The van der Waals surface area contributed by atoms with Crippen molar-refractivity contribution in [2.45, 2.75) is 20.1 Å². The van der Waals surface area contributed by atoms with Crippen LogP contribution in [-0.4, -0.2) is 6.61 Å². The molecule has 0 spiro atoms. The predicted octanol–water partition coefficient (Wildman–Crippen LogP) is 5.62. The van der Waals surface area contributed by atoms with Crippen molar-refractivity contribution in [3.05, 3.63) is 57.0 Å². The van der Waals surface area contributed by atoms with Crippen molar-refractivity contribution in [2.75, 3.05) is 5.32 Å². The first-order chi connectivity index (χ1) is 9.95. The van der Waals surface area contributed by atoms with E-state index in [0.29, 0.717) is 17.1 Å². The highest BCUT2D eigenvalue weighted by atomic mass is 79.9. The van der Waals surface area contributed by atoms with Crippen LogP contribution in [0.5, 0.6) is 5.75 Å². The lowest BCUT2D eigenvalue weighted by Gasteiger charge is -2.14. The lowest BCUT2D eigenvalue weighted by molar-refractivity contribution is -0.0504. The van der Waals surface area contributed by atoms with Crippen LogP contribution < -0.4 is 10.1 Å². The van der Waals surface area contributed by atoms with E-state index < -0.39 is 6.61 Å². The van der Waals surface area contributed by atoms with Gasteiger partial charge in [-0.25, -0.2) is 0 Å². The summed E-state index contributed by atoms with van der Waals surface area (Å²) in [6.07, 6.45) is 0. The standard InChI is InChI=1S/C15H13BrClF2NO/c1-9-2-3-11(16)7-13(9)20-8-10-6-12(17)4-5-14(10)21-15(18)19/h2-7,15,20H,8H2,1H3. The van der Waals surface area contributed by atoms with Gasteiger partial charge in [-0.15, -0.1) is 0 Å². The van der Waals surface area contributed by atoms with Gasteiger partial charge in [-0.2, -0.15) is 8.78 Å². The van der Waals surface area contributed by atoms with Crippen molar-refractivity contribution >= 4 is 33.2 Å². The van der Waals surface area contributed by atoms with E-state index in [9.17, 15) is 8.78 Å². The maximum atomic E-state index is 12.4. The summed E-state index contributed by atoms with van der Waals surface area (Å²) in [6.45, 7) is -0.569. The lowest BCUT2D eigenvalue weighted by atomic mass is 10.1. The summed E-state index contributed by atoms with van der Waals surface area (Å²) in [7, 11) is 0. The average molecular weight is 377 g/mol. The molecular formula is C15H13BrClF2NO. The van der Waals surface area contributed by atoms with Crippen molar-refractivity contribution in [3.8, 4) is 5.75 Å². The molecular weight excluding hydrogens is 364 g/mol. The summed E-state index contributed by atoms with van der Waals surface area (Å²) in [5.41, 5.74) is 2.53. The van der Waals surface area contributed by atoms with Crippen LogP contribution in [0.2, 0.25) is 5.02 Å². The van der Waals surface area contributed by atoms with E-state index in [1.54, 1.807) is 6.07 Å². The van der Waals surface area contributed by atoms with E-state index >= 15 is 0 Å². The Labute approximate surface area is 135 Å². The molecule has 0 aliphatic heterocycles. The third-order valence-corrected chi connectivity index (χ3v) is 3.64. The van der Waals surface area contributed by atoms with Crippen LogP contribution in [0.15, 0.2) is 40.9 Å². The molecule has 0 fully saturated rings. The first kappa shape index (κ1) is 16.0. The van der Waals surface area contributed by atoms with Crippen LogP contribution in [-0.2, 0) is 6.54 Å². The molecule has 21 heavy (non-hydrogen) atoms. The molecule has 0 radical (unpaired) electrons. The van der Waals surface area contributed by atoms with Crippen LogP contribution >= 0.6 is 27.5 Å². The van der Waals surface area contributed by atoms with Gasteiger partial charge in [0.05, 0.1) is 0 Å². The molecule has 0 atom stereocenters. The van der Waals surface area contributed by atoms with Gasteiger partial charge in [0, 0.05) is 27.3 Å². The van der Waals surface area contributed by atoms with E-state index in [1.165, 1.54) is 12.1 Å². The molecule has 2 aromatic rings. The number of anilines is 1. The zero-order chi connectivity index (χ0) is 15.4. The molecule has 2 rings (SSSR count). The Morgan fingerprint density at radius 1 is 1.24 bits per heavy atom. The molecule has 2 aromatic carbocycles. The van der Waals surface area contributed by atoms with E-state index in [0.717, 1.165) is 15.7 Å². The topological polar surface area (TPSA) is 21.3 Å². The number of rotatable bonds is 5. The molecule has 0 unspecified atom stereocenters. The summed E-state index contributed by atoms with van der Waals surface area (Å²) in [5, 5.41) is 3.67. The Hall–Kier alpha value is -1.33. The van der Waals surface area contributed by atoms with Crippen molar-refractivity contribution < 1.29 is 13.5 Å². The minimum Gasteiger partial charge on any atom is -0.434 e. The molecule has 0 saturated carbocycles. The monoisotopic (exact) mass is 375 g/mol. The second-order valence-corrected chi connectivity index (χ2v) is 5.80. The summed E-state index contributed by atoms with van der Waals surface area (Å²) in [5.74, 6) is 0.120. The smallest absolute Gasteiger partial charge is 0.387 e. The van der Waals surface area contributed by atoms with Gasteiger partial charge in [-0.05, 0) is 42.8 Å². The molecule has 0 heterocycles. The van der Waals surface area contributed by atoms with Crippen molar-refractivity contribution in [3.63, 3.8) is 0 Å². The fraction of sp³-hybridized carbons (Fsp3) is 0.200. The molecule has 6 heteroatoms. The highest BCUT2D eigenvalue weighted by molar-refractivity contribution is 9.10. The van der Waals surface area contributed by atoms with E-state index in [4.69, 9.17) is 11.6 Å². The Balaban J connectivity index is 2.18. The average Bonchev–Trinajstić information content (AvgIpc) is 2.42. The van der Waals surface area contributed by atoms with Gasteiger partial charge in [-0.3, -0.25) is 0 Å². The molecule has 2 nitrogen and oxygen atoms in total. The lowest BCUT2D eigenvalue weighted by Crippen LogP contribution is -2.07. The fourth-order valence-corrected chi connectivity index (χ4v) is 2.43. The summed E-state index contributed by atoms with van der Waals surface area (Å²) in [4.78, 5) is 0. The number of benzene rings is 2. The third kappa shape index (κ3) is 4.58. The first-order valence-electron chi connectivity index (χ1n) is 6.19. The van der Waals surface area contributed by atoms with E-state index in [2.05, 4.69) is 26.0 Å². The van der Waals surface area contributed by atoms with Gasteiger partial charge in [0.15, 0.2) is 0 Å². The molecule has 0 amide bonds. The van der Waals surface area contributed by atoms with Gasteiger partial charge in [-0.1, -0.05) is 33.6 Å². The van der Waals surface area contributed by atoms with Gasteiger partial charge in [0.1, 0.15) is 5.75 Å². The Morgan fingerprint density at radius 2 is 2.00 bits per heavy atom. The molecule has 0 bridgehead atoms. The zero-order valence-electron chi connectivity index (χ0n) is 11.2. The molecule has 112 valence electrons. The number of hydrogen-bond donors (Lipinski definition) is 1. The molecule has 1 N–H and O–H groups in total. The molecule has 0 aliphatic carbocycles. The second-order valence-electron chi connectivity index (χ2n) is 4.44. The van der Waals surface area contributed by atoms with Crippen LogP contribution in [0, 0.1) is 6.92 Å². The number of ether oxygens (including phenoxy) is 1. The quantitative estimate of drug-likeness (QED) is 0.731. The fourth-order valence-electron chi connectivity index (χ4n) is 1.87. The van der Waals surface area contributed by atoms with Gasteiger partial charge < -0.3 is 10.1 Å². The van der Waals surface area contributed by atoms with E-state index in [1.807, 2.05) is 25.1 Å². The van der Waals surface area contributed by atoms with Crippen molar-refractivity contribution in [1.29, 1.82) is 0 Å². The largest absolute Gasteiger partial charge is 0.434 e. The van der Waals surface area contributed by atoms with Crippen LogP contribution in [0.3, 0.4) is 0 Å². The molecule has 0 aliphatic rings. The van der Waals surface area contributed by atoms with E-state index in [-0.39, 0.29) is 5.75 Å². The highest BCUT2D eigenvalue weighted by Crippen LogP contribution is 2.27. The van der Waals surface area contributed by atoms with Gasteiger partial charge in [0.25, 0.3) is 0 Å². The Bertz CT molecular complexity index is 637. The van der Waals surface area contributed by atoms with Gasteiger partial charge in [0.2, 0.25) is 0 Å². The van der Waals surface area contributed by atoms with Gasteiger partial charge >= 0.3 is 6.61 Å². The van der Waals surface area contributed by atoms with Crippen LogP contribution in [0.1, 0.15) is 11.1 Å². The van der Waals surface area contributed by atoms with Crippen LogP contribution in [0.25, 0.3) is 0 Å².